The first-order valence-electron chi connectivity index (χ1n) is 12.3. The molecular weight excluding hydrogens is 525 g/mol. The molecule has 0 aliphatic carbocycles. The van der Waals surface area contributed by atoms with Crippen LogP contribution in [0.5, 0.6) is 11.5 Å². The average Bonchev–Trinajstić information content (AvgIpc) is 3.56. The molecule has 2 aromatic carbocycles. The lowest BCUT2D eigenvalue weighted by Crippen LogP contribution is -2.32. The monoisotopic (exact) mass is 548 g/mol. The first-order valence-corrected chi connectivity index (χ1v) is 12.3. The number of methoxy groups -OCH3 is 1. The van der Waals surface area contributed by atoms with Crippen molar-refractivity contribution in [3.8, 4) is 22.6 Å². The lowest BCUT2D eigenvalue weighted by molar-refractivity contribution is -0.140. The Morgan fingerprint density at radius 1 is 1.12 bits per heavy atom. The van der Waals surface area contributed by atoms with Gasteiger partial charge < -0.3 is 18.9 Å². The summed E-state index contributed by atoms with van der Waals surface area (Å²) < 4.78 is 56.3. The number of alkyl halides is 3. The summed E-state index contributed by atoms with van der Waals surface area (Å²) in [5.41, 5.74) is 0.921. The van der Waals surface area contributed by atoms with Crippen molar-refractivity contribution in [1.29, 1.82) is 0 Å². The predicted molar refractivity (Wildman–Crippen MR) is 140 cm³/mol. The molecule has 0 radical (unpaired) electrons. The standard InChI is InChI=1S/C28H23F3N6O3/c1-35-15-22(26(34-35)28(29,30)31)19-10-17(14-36-7-6-32-16-36)11-21-25(19)40-9-8-37(27(21)38)24-5-3-4-23-20(24)12-18(39-2)13-33-23/h3-7,10-13,15-16H,8-9,14H2,1-2H3. The Morgan fingerprint density at radius 3 is 2.70 bits per heavy atom. The predicted octanol–water partition coefficient (Wildman–Crippen LogP) is 4.95. The molecule has 0 saturated heterocycles. The Morgan fingerprint density at radius 2 is 1.95 bits per heavy atom. The van der Waals surface area contributed by atoms with Gasteiger partial charge >= 0.3 is 6.18 Å². The molecule has 9 nitrogen and oxygen atoms in total. The molecule has 12 heteroatoms. The van der Waals surface area contributed by atoms with Crippen molar-refractivity contribution in [3.05, 3.63) is 84.3 Å². The van der Waals surface area contributed by atoms with Gasteiger partial charge in [-0.3, -0.25) is 14.5 Å². The number of amides is 1. The number of hydrogen-bond donors (Lipinski definition) is 0. The van der Waals surface area contributed by atoms with Crippen LogP contribution in [0.2, 0.25) is 0 Å². The molecule has 0 N–H and O–H groups in total. The maximum atomic E-state index is 14.2. The van der Waals surface area contributed by atoms with Crippen LogP contribution in [0.25, 0.3) is 22.0 Å². The summed E-state index contributed by atoms with van der Waals surface area (Å²) in [5.74, 6) is 0.199. The number of ether oxygens (including phenoxy) is 2. The second-order valence-corrected chi connectivity index (χ2v) is 9.34. The van der Waals surface area contributed by atoms with Gasteiger partial charge in [-0.05, 0) is 35.9 Å². The summed E-state index contributed by atoms with van der Waals surface area (Å²) in [6, 6.07) is 10.5. The fourth-order valence-corrected chi connectivity index (χ4v) is 4.96. The molecule has 1 aliphatic heterocycles. The quantitative estimate of drug-likeness (QED) is 0.309. The molecule has 0 bridgehead atoms. The highest BCUT2D eigenvalue weighted by molar-refractivity contribution is 6.13. The molecule has 0 spiro atoms. The van der Waals surface area contributed by atoms with Gasteiger partial charge in [-0.25, -0.2) is 4.98 Å². The molecular formula is C28H23F3N6O3. The van der Waals surface area contributed by atoms with E-state index in [1.807, 2.05) is 6.07 Å². The van der Waals surface area contributed by atoms with Crippen molar-refractivity contribution in [2.24, 2.45) is 7.05 Å². The number of hydrogen-bond acceptors (Lipinski definition) is 6. The zero-order chi connectivity index (χ0) is 28.0. The van der Waals surface area contributed by atoms with Crippen molar-refractivity contribution < 1.29 is 27.4 Å². The number of aromatic nitrogens is 5. The lowest BCUT2D eigenvalue weighted by atomic mass is 9.97. The summed E-state index contributed by atoms with van der Waals surface area (Å²) in [6.07, 6.45) is 3.11. The van der Waals surface area contributed by atoms with Gasteiger partial charge in [-0.1, -0.05) is 6.07 Å². The van der Waals surface area contributed by atoms with Crippen LogP contribution in [0.15, 0.2) is 67.5 Å². The van der Waals surface area contributed by atoms with Gasteiger partial charge in [0.25, 0.3) is 5.91 Å². The summed E-state index contributed by atoms with van der Waals surface area (Å²) in [7, 11) is 2.95. The Kier molecular flexibility index (Phi) is 6.16. The van der Waals surface area contributed by atoms with Gasteiger partial charge in [0.05, 0.1) is 42.9 Å². The number of carbonyl (C=O) groups excluding carboxylic acids is 1. The highest BCUT2D eigenvalue weighted by atomic mass is 19.4. The lowest BCUT2D eigenvalue weighted by Gasteiger charge is -2.22. The molecule has 40 heavy (non-hydrogen) atoms. The maximum absolute atomic E-state index is 14.2. The van der Waals surface area contributed by atoms with Gasteiger partial charge in [-0.2, -0.15) is 18.3 Å². The number of imidazole rings is 1. The highest BCUT2D eigenvalue weighted by Gasteiger charge is 2.39. The van der Waals surface area contributed by atoms with Crippen molar-refractivity contribution in [2.75, 3.05) is 25.2 Å². The summed E-state index contributed by atoms with van der Waals surface area (Å²) in [6.45, 7) is 0.506. The van der Waals surface area contributed by atoms with Crippen LogP contribution in [-0.4, -0.2) is 50.5 Å². The number of fused-ring (bicyclic) bond motifs is 2. The zero-order valence-corrected chi connectivity index (χ0v) is 21.5. The van der Waals surface area contributed by atoms with Crippen molar-refractivity contribution in [2.45, 2.75) is 12.7 Å². The van der Waals surface area contributed by atoms with E-state index in [0.717, 1.165) is 4.68 Å². The van der Waals surface area contributed by atoms with Crippen LogP contribution in [0.3, 0.4) is 0 Å². The summed E-state index contributed by atoms with van der Waals surface area (Å²) in [4.78, 5) is 24.2. The van der Waals surface area contributed by atoms with E-state index in [1.54, 1.807) is 64.7 Å². The number of rotatable bonds is 5. The number of halogens is 3. The van der Waals surface area contributed by atoms with E-state index in [0.29, 0.717) is 27.9 Å². The first-order chi connectivity index (χ1) is 19.2. The maximum Gasteiger partial charge on any atom is 0.435 e. The normalized spacial score (nSPS) is 13.7. The molecule has 0 saturated carbocycles. The molecule has 5 aromatic rings. The van der Waals surface area contributed by atoms with E-state index in [1.165, 1.54) is 20.4 Å². The van der Waals surface area contributed by atoms with Gasteiger partial charge in [0.15, 0.2) is 5.69 Å². The third-order valence-corrected chi connectivity index (χ3v) is 6.70. The Balaban J connectivity index is 1.54. The molecule has 1 aliphatic rings. The van der Waals surface area contributed by atoms with Crippen molar-refractivity contribution >= 4 is 22.5 Å². The van der Waals surface area contributed by atoms with Crippen molar-refractivity contribution in [1.82, 2.24) is 24.3 Å². The number of benzene rings is 2. The first kappa shape index (κ1) is 25.4. The van der Waals surface area contributed by atoms with Gasteiger partial charge in [-0.15, -0.1) is 0 Å². The van der Waals surface area contributed by atoms with Crippen molar-refractivity contribution in [3.63, 3.8) is 0 Å². The summed E-state index contributed by atoms with van der Waals surface area (Å²) in [5, 5.41) is 4.37. The van der Waals surface area contributed by atoms with Crippen LogP contribution < -0.4 is 14.4 Å². The summed E-state index contributed by atoms with van der Waals surface area (Å²) >= 11 is 0. The third kappa shape index (κ3) is 4.51. The van der Waals surface area contributed by atoms with E-state index in [-0.39, 0.29) is 42.1 Å². The zero-order valence-electron chi connectivity index (χ0n) is 21.5. The minimum atomic E-state index is -4.71. The molecule has 1 amide bonds. The second kappa shape index (κ2) is 9.70. The largest absolute Gasteiger partial charge is 0.495 e. The van der Waals surface area contributed by atoms with Gasteiger partial charge in [0.1, 0.15) is 18.1 Å². The van der Waals surface area contributed by atoms with E-state index in [4.69, 9.17) is 9.47 Å². The topological polar surface area (TPSA) is 87.3 Å². The molecule has 6 rings (SSSR count). The molecule has 0 fully saturated rings. The number of aryl methyl sites for hydroxylation is 1. The molecule has 204 valence electrons. The number of anilines is 1. The fraction of sp³-hybridized carbons (Fsp3) is 0.214. The van der Waals surface area contributed by atoms with Crippen LogP contribution in [0, 0.1) is 0 Å². The average molecular weight is 549 g/mol. The molecule has 0 atom stereocenters. The smallest absolute Gasteiger partial charge is 0.435 e. The van der Waals surface area contributed by atoms with Gasteiger partial charge in [0.2, 0.25) is 0 Å². The Bertz CT molecular complexity index is 1730. The van der Waals surface area contributed by atoms with Crippen LogP contribution in [0.1, 0.15) is 21.6 Å². The molecule has 4 heterocycles. The molecule has 3 aromatic heterocycles. The van der Waals surface area contributed by atoms with Gasteiger partial charge in [0, 0.05) is 48.7 Å². The SMILES string of the molecule is COc1cnc2cccc(N3CCOc4c(cc(Cn5ccnc5)cc4-c4cn(C)nc4C(F)(F)F)C3=O)c2c1. The fourth-order valence-electron chi connectivity index (χ4n) is 4.96. The highest BCUT2D eigenvalue weighted by Crippen LogP contribution is 2.43. The third-order valence-electron chi connectivity index (χ3n) is 6.70. The van der Waals surface area contributed by atoms with E-state index in [9.17, 15) is 18.0 Å². The Labute approximate surface area is 226 Å². The van der Waals surface area contributed by atoms with Crippen LogP contribution in [-0.2, 0) is 19.8 Å². The minimum Gasteiger partial charge on any atom is -0.495 e. The van der Waals surface area contributed by atoms with E-state index >= 15 is 0 Å². The van der Waals surface area contributed by atoms with E-state index in [2.05, 4.69) is 15.1 Å². The second-order valence-electron chi connectivity index (χ2n) is 9.34. The molecule has 0 unspecified atom stereocenters. The van der Waals surface area contributed by atoms with Crippen LogP contribution in [0.4, 0.5) is 18.9 Å². The Hall–Kier alpha value is -4.87. The minimum absolute atomic E-state index is 0.0575. The number of pyridine rings is 1. The number of nitrogens with zero attached hydrogens (tertiary/aromatic N) is 6. The van der Waals surface area contributed by atoms with E-state index < -0.39 is 17.8 Å². The number of carbonyl (C=O) groups is 1. The van der Waals surface area contributed by atoms with Crippen LogP contribution >= 0.6 is 0 Å².